The predicted molar refractivity (Wildman–Crippen MR) is 104 cm³/mol. The van der Waals surface area contributed by atoms with E-state index >= 15 is 0 Å². The predicted octanol–water partition coefficient (Wildman–Crippen LogP) is 5.08. The van der Waals surface area contributed by atoms with E-state index in [0.717, 1.165) is 29.0 Å². The van der Waals surface area contributed by atoms with Gasteiger partial charge in [0.15, 0.2) is 0 Å². The van der Waals surface area contributed by atoms with Crippen LogP contribution >= 0.6 is 0 Å². The molecule has 0 saturated carbocycles. The fourth-order valence-electron chi connectivity index (χ4n) is 3.20. The highest BCUT2D eigenvalue weighted by atomic mass is 15.0. The van der Waals surface area contributed by atoms with E-state index in [1.54, 1.807) is 0 Å². The molecular formula is C23H19N3. The Balaban J connectivity index is 1.87. The second-order valence-corrected chi connectivity index (χ2v) is 6.69. The molecule has 2 heterocycles. The fraction of sp³-hybridized carbons (Fsp3) is 0.130. The molecule has 3 nitrogen and oxygen atoms in total. The molecule has 4 rings (SSSR count). The highest BCUT2D eigenvalue weighted by Crippen LogP contribution is 2.27. The minimum Gasteiger partial charge on any atom is -0.303 e. The molecule has 4 aromatic rings. The topological polar surface area (TPSA) is 41.1 Å². The molecule has 0 aliphatic carbocycles. The first-order chi connectivity index (χ1) is 12.6. The lowest BCUT2D eigenvalue weighted by atomic mass is 10.0. The number of fused-ring (bicyclic) bond motifs is 1. The molecule has 0 aliphatic heterocycles. The van der Waals surface area contributed by atoms with Gasteiger partial charge in [-0.25, -0.2) is 4.98 Å². The molecule has 0 atom stereocenters. The van der Waals surface area contributed by atoms with Gasteiger partial charge in [0, 0.05) is 18.2 Å². The van der Waals surface area contributed by atoms with Crippen molar-refractivity contribution in [2.24, 2.45) is 0 Å². The van der Waals surface area contributed by atoms with Crippen LogP contribution in [0.2, 0.25) is 0 Å². The monoisotopic (exact) mass is 337 g/mol. The van der Waals surface area contributed by atoms with Crippen molar-refractivity contribution in [3.05, 3.63) is 94.8 Å². The summed E-state index contributed by atoms with van der Waals surface area (Å²) < 4.78 is 2.17. The lowest BCUT2D eigenvalue weighted by Gasteiger charge is -2.07. The lowest BCUT2D eigenvalue weighted by molar-refractivity contribution is 1.02. The number of rotatable bonds is 3. The van der Waals surface area contributed by atoms with Gasteiger partial charge in [-0.2, -0.15) is 5.26 Å². The van der Waals surface area contributed by atoms with Crippen LogP contribution in [0.1, 0.15) is 27.9 Å². The summed E-state index contributed by atoms with van der Waals surface area (Å²) in [4.78, 5) is 4.89. The molecule has 2 aromatic carbocycles. The van der Waals surface area contributed by atoms with Gasteiger partial charge in [-0.1, -0.05) is 42.0 Å². The number of imidazole rings is 1. The minimum absolute atomic E-state index is 0.661. The molecule has 0 spiro atoms. The Morgan fingerprint density at radius 3 is 2.35 bits per heavy atom. The maximum absolute atomic E-state index is 9.05. The number of aryl methyl sites for hydroxylation is 2. The fourth-order valence-corrected chi connectivity index (χ4v) is 3.20. The molecule has 3 heteroatoms. The zero-order valence-corrected chi connectivity index (χ0v) is 14.9. The minimum atomic E-state index is 0.661. The zero-order chi connectivity index (χ0) is 18.1. The second kappa shape index (κ2) is 6.50. The third-order valence-electron chi connectivity index (χ3n) is 4.66. The van der Waals surface area contributed by atoms with Crippen LogP contribution in [0.5, 0.6) is 0 Å². The SMILES string of the molecule is Cc1ccc(Cc2c(-c3ccc(C#N)cc3)nc3cc(C)ccn23)cc1. The van der Waals surface area contributed by atoms with Gasteiger partial charge in [-0.3, -0.25) is 0 Å². The van der Waals surface area contributed by atoms with Crippen molar-refractivity contribution in [2.45, 2.75) is 20.3 Å². The lowest BCUT2D eigenvalue weighted by Crippen LogP contribution is -1.97. The van der Waals surface area contributed by atoms with Crippen LogP contribution in [0.25, 0.3) is 16.9 Å². The number of aromatic nitrogens is 2. The number of benzene rings is 2. The average Bonchev–Trinajstić information content (AvgIpc) is 3.01. The molecule has 0 saturated heterocycles. The van der Waals surface area contributed by atoms with Gasteiger partial charge < -0.3 is 4.40 Å². The third-order valence-corrected chi connectivity index (χ3v) is 4.66. The maximum atomic E-state index is 9.05. The molecule has 26 heavy (non-hydrogen) atoms. The summed E-state index contributed by atoms with van der Waals surface area (Å²) in [6.45, 7) is 4.18. The van der Waals surface area contributed by atoms with Crippen LogP contribution in [0.15, 0.2) is 66.9 Å². The van der Waals surface area contributed by atoms with Gasteiger partial charge >= 0.3 is 0 Å². The average molecular weight is 337 g/mol. The standard InChI is InChI=1S/C23H19N3/c1-16-3-5-18(6-4-16)14-21-23(20-9-7-19(15-24)8-10-20)25-22-13-17(2)11-12-26(21)22/h3-13H,14H2,1-2H3. The van der Waals surface area contributed by atoms with Crippen LogP contribution in [0.3, 0.4) is 0 Å². The van der Waals surface area contributed by atoms with Crippen molar-refractivity contribution in [1.82, 2.24) is 9.38 Å². The van der Waals surface area contributed by atoms with E-state index in [4.69, 9.17) is 10.2 Å². The van der Waals surface area contributed by atoms with Crippen LogP contribution in [0.4, 0.5) is 0 Å². The van der Waals surface area contributed by atoms with Crippen molar-refractivity contribution in [3.63, 3.8) is 0 Å². The van der Waals surface area contributed by atoms with E-state index in [0.29, 0.717) is 5.56 Å². The molecule has 0 radical (unpaired) electrons. The first-order valence-electron chi connectivity index (χ1n) is 8.68. The van der Waals surface area contributed by atoms with Crippen molar-refractivity contribution in [3.8, 4) is 17.3 Å². The van der Waals surface area contributed by atoms with Crippen LogP contribution in [-0.2, 0) is 6.42 Å². The number of hydrogen-bond donors (Lipinski definition) is 0. The van der Waals surface area contributed by atoms with Gasteiger partial charge in [0.25, 0.3) is 0 Å². The molecule has 126 valence electrons. The van der Waals surface area contributed by atoms with Crippen molar-refractivity contribution in [1.29, 1.82) is 5.26 Å². The van der Waals surface area contributed by atoms with E-state index in [9.17, 15) is 0 Å². The molecule has 0 bridgehead atoms. The number of nitrogens with zero attached hydrogens (tertiary/aromatic N) is 3. The third kappa shape index (κ3) is 2.98. The van der Waals surface area contributed by atoms with Gasteiger partial charge in [-0.15, -0.1) is 0 Å². The van der Waals surface area contributed by atoms with E-state index in [1.165, 1.54) is 16.7 Å². The number of nitriles is 1. The summed E-state index contributed by atoms with van der Waals surface area (Å²) in [6.07, 6.45) is 2.90. The summed E-state index contributed by atoms with van der Waals surface area (Å²) in [5.74, 6) is 0. The van der Waals surface area contributed by atoms with Crippen LogP contribution in [0, 0.1) is 25.2 Å². The van der Waals surface area contributed by atoms with E-state index in [-0.39, 0.29) is 0 Å². The molecule has 0 fully saturated rings. The molecule has 0 amide bonds. The van der Waals surface area contributed by atoms with E-state index < -0.39 is 0 Å². The van der Waals surface area contributed by atoms with Crippen LogP contribution in [-0.4, -0.2) is 9.38 Å². The zero-order valence-electron chi connectivity index (χ0n) is 14.9. The second-order valence-electron chi connectivity index (χ2n) is 6.69. The summed E-state index contributed by atoms with van der Waals surface area (Å²) in [6, 6.07) is 22.7. The highest BCUT2D eigenvalue weighted by Gasteiger charge is 2.15. The molecule has 0 N–H and O–H groups in total. The van der Waals surface area contributed by atoms with Gasteiger partial charge in [0.1, 0.15) is 5.65 Å². The molecular weight excluding hydrogens is 318 g/mol. The first kappa shape index (κ1) is 16.1. The van der Waals surface area contributed by atoms with Crippen molar-refractivity contribution < 1.29 is 0 Å². The summed E-state index contributed by atoms with van der Waals surface area (Å²) in [5, 5.41) is 9.05. The summed E-state index contributed by atoms with van der Waals surface area (Å²) in [7, 11) is 0. The number of hydrogen-bond acceptors (Lipinski definition) is 2. The Bertz CT molecular complexity index is 1110. The maximum Gasteiger partial charge on any atom is 0.137 e. The summed E-state index contributed by atoms with van der Waals surface area (Å²) in [5.41, 5.74) is 8.49. The number of pyridine rings is 1. The Labute approximate surface area is 153 Å². The molecule has 2 aromatic heterocycles. The highest BCUT2D eigenvalue weighted by molar-refractivity contribution is 5.68. The van der Waals surface area contributed by atoms with Gasteiger partial charge in [0.05, 0.1) is 23.0 Å². The Kier molecular flexibility index (Phi) is 4.02. The van der Waals surface area contributed by atoms with E-state index in [1.807, 2.05) is 24.3 Å². The molecule has 0 aliphatic rings. The quantitative estimate of drug-likeness (QED) is 0.523. The Hall–Kier alpha value is -3.38. The van der Waals surface area contributed by atoms with Crippen molar-refractivity contribution in [2.75, 3.05) is 0 Å². The summed E-state index contributed by atoms with van der Waals surface area (Å²) >= 11 is 0. The Morgan fingerprint density at radius 2 is 1.65 bits per heavy atom. The smallest absolute Gasteiger partial charge is 0.137 e. The normalized spacial score (nSPS) is 10.8. The Morgan fingerprint density at radius 1 is 0.923 bits per heavy atom. The molecule has 0 unspecified atom stereocenters. The van der Waals surface area contributed by atoms with Gasteiger partial charge in [0.2, 0.25) is 0 Å². The van der Waals surface area contributed by atoms with Crippen LogP contribution < -0.4 is 0 Å². The largest absolute Gasteiger partial charge is 0.303 e. The first-order valence-corrected chi connectivity index (χ1v) is 8.68. The van der Waals surface area contributed by atoms with Gasteiger partial charge in [-0.05, 0) is 49.2 Å². The van der Waals surface area contributed by atoms with Crippen molar-refractivity contribution >= 4 is 5.65 Å². The van der Waals surface area contributed by atoms with E-state index in [2.05, 4.69) is 66.9 Å².